The number of aromatic nitrogens is 1. The molecule has 2 bridgehead atoms. The van der Waals surface area contributed by atoms with Crippen LogP contribution in [-0.4, -0.2) is 48.4 Å². The highest BCUT2D eigenvalue weighted by atomic mass is 16.5. The molecule has 138 valence electrons. The molecule has 2 heterocycles. The van der Waals surface area contributed by atoms with E-state index in [1.54, 1.807) is 0 Å². The summed E-state index contributed by atoms with van der Waals surface area (Å²) in [6, 6.07) is 8.10. The maximum absolute atomic E-state index is 13.1. The molecule has 0 radical (unpaired) electrons. The largest absolute Gasteiger partial charge is 0.469 e. The average molecular weight is 354 g/mol. The second-order valence-electron chi connectivity index (χ2n) is 7.74. The normalized spacial score (nSPS) is 29.1. The van der Waals surface area contributed by atoms with Gasteiger partial charge in [0.05, 0.1) is 18.7 Å². The van der Waals surface area contributed by atoms with E-state index in [4.69, 9.17) is 4.74 Å². The minimum atomic E-state index is -0.255. The molecule has 4 rings (SSSR count). The van der Waals surface area contributed by atoms with Crippen LogP contribution < -0.4 is 0 Å². The van der Waals surface area contributed by atoms with Crippen LogP contribution in [0.15, 0.2) is 24.3 Å². The first kappa shape index (κ1) is 17.3. The van der Waals surface area contributed by atoms with Crippen LogP contribution in [0.4, 0.5) is 0 Å². The molecule has 1 fully saturated rings. The number of fused-ring (bicyclic) bond motifs is 5. The smallest absolute Gasteiger partial charge is 0.310 e. The van der Waals surface area contributed by atoms with Crippen LogP contribution in [0.2, 0.25) is 0 Å². The van der Waals surface area contributed by atoms with Gasteiger partial charge in [-0.05, 0) is 36.9 Å². The molecule has 5 nitrogen and oxygen atoms in total. The van der Waals surface area contributed by atoms with Gasteiger partial charge in [-0.25, -0.2) is 0 Å². The number of nitrogens with zero attached hydrogens (tertiary/aromatic N) is 1. The second kappa shape index (κ2) is 6.54. The number of carbonyl (C=O) groups is 2. The number of benzene rings is 1. The Bertz CT molecular complexity index is 856. The van der Waals surface area contributed by atoms with E-state index in [9.17, 15) is 9.59 Å². The van der Waals surface area contributed by atoms with Gasteiger partial charge >= 0.3 is 5.97 Å². The Kier molecular flexibility index (Phi) is 4.35. The van der Waals surface area contributed by atoms with Gasteiger partial charge in [-0.3, -0.25) is 9.59 Å². The third kappa shape index (κ3) is 2.57. The first-order chi connectivity index (χ1) is 12.5. The first-order valence-electron chi connectivity index (χ1n) is 9.46. The summed E-state index contributed by atoms with van der Waals surface area (Å²) >= 11 is 0. The molecule has 2 aliphatic rings. The molecule has 1 aromatic carbocycles. The number of Topliss-reactive ketones (excluding diaryl/α,β-unsaturated/α-hetero) is 1. The number of esters is 1. The monoisotopic (exact) mass is 354 g/mol. The average Bonchev–Trinajstić information content (AvgIpc) is 3.01. The Labute approximate surface area is 153 Å². The number of aromatic amines is 1. The quantitative estimate of drug-likeness (QED) is 0.842. The van der Waals surface area contributed by atoms with Crippen molar-refractivity contribution in [2.24, 2.45) is 17.8 Å². The lowest BCUT2D eigenvalue weighted by Crippen LogP contribution is -2.56. The Balaban J connectivity index is 1.88. The molecule has 2 aromatic rings. The fourth-order valence-corrected chi connectivity index (χ4v) is 5.15. The van der Waals surface area contributed by atoms with Gasteiger partial charge < -0.3 is 14.6 Å². The van der Waals surface area contributed by atoms with Crippen molar-refractivity contribution < 1.29 is 14.3 Å². The molecule has 26 heavy (non-hydrogen) atoms. The van der Waals surface area contributed by atoms with Crippen molar-refractivity contribution in [1.82, 2.24) is 9.88 Å². The van der Waals surface area contributed by atoms with E-state index in [0.29, 0.717) is 18.8 Å². The number of ketones is 1. The van der Waals surface area contributed by atoms with Crippen LogP contribution in [0.3, 0.4) is 0 Å². The summed E-state index contributed by atoms with van der Waals surface area (Å²) in [7, 11) is 3.55. The number of ether oxygens (including phenoxy) is 1. The van der Waals surface area contributed by atoms with Crippen molar-refractivity contribution in [2.45, 2.75) is 32.2 Å². The summed E-state index contributed by atoms with van der Waals surface area (Å²) in [6.07, 6.45) is 2.05. The van der Waals surface area contributed by atoms with Gasteiger partial charge in [-0.1, -0.05) is 31.5 Å². The number of rotatable bonds is 2. The summed E-state index contributed by atoms with van der Waals surface area (Å²) in [5, 5.41) is 1.09. The Hall–Kier alpha value is -2.14. The molecular weight excluding hydrogens is 328 g/mol. The summed E-state index contributed by atoms with van der Waals surface area (Å²) in [6.45, 7) is 3.06. The predicted molar refractivity (Wildman–Crippen MR) is 100 cm³/mol. The summed E-state index contributed by atoms with van der Waals surface area (Å²) in [4.78, 5) is 31.5. The van der Waals surface area contributed by atoms with Gasteiger partial charge in [0.1, 0.15) is 0 Å². The molecule has 1 N–H and O–H groups in total. The molecular formula is C21H26N2O3. The number of nitrogens with one attached hydrogen (secondary N) is 1. The van der Waals surface area contributed by atoms with Gasteiger partial charge in [-0.15, -0.1) is 0 Å². The SMILES string of the molecule is CC[C@H]1CN(C)[C@H]2Cc3c([nH]c4ccccc34)C(=O)CC1C2C(=O)OC. The third-order valence-electron chi connectivity index (χ3n) is 6.49. The summed E-state index contributed by atoms with van der Waals surface area (Å²) in [5.41, 5.74) is 2.77. The van der Waals surface area contributed by atoms with E-state index in [-0.39, 0.29) is 29.6 Å². The van der Waals surface area contributed by atoms with Crippen molar-refractivity contribution in [3.8, 4) is 0 Å². The van der Waals surface area contributed by atoms with Crippen LogP contribution in [-0.2, 0) is 16.0 Å². The van der Waals surface area contributed by atoms with Crippen LogP contribution in [0.25, 0.3) is 10.9 Å². The highest BCUT2D eigenvalue weighted by molar-refractivity contribution is 6.03. The zero-order chi connectivity index (χ0) is 18.4. The standard InChI is InChI=1S/C21H26N2O3/c1-4-12-11-23(2)17-9-15-13-7-5-6-8-16(13)22-20(15)18(24)10-14(12)19(17)21(25)26-3/h5-8,12,14,17,19,22H,4,9-11H2,1-3H3/t12-,14?,17-,19?/m0/s1. The van der Waals surface area contributed by atoms with Crippen LogP contribution in [0.5, 0.6) is 0 Å². The van der Waals surface area contributed by atoms with Crippen LogP contribution >= 0.6 is 0 Å². The Morgan fingerprint density at radius 2 is 2.08 bits per heavy atom. The molecule has 1 saturated heterocycles. The van der Waals surface area contributed by atoms with Gasteiger partial charge in [0.15, 0.2) is 5.78 Å². The molecule has 4 atom stereocenters. The van der Waals surface area contributed by atoms with Gasteiger partial charge in [-0.2, -0.15) is 0 Å². The molecule has 5 heteroatoms. The van der Waals surface area contributed by atoms with Crippen molar-refractivity contribution in [1.29, 1.82) is 0 Å². The molecule has 0 saturated carbocycles. The minimum absolute atomic E-state index is 0.0423. The lowest BCUT2D eigenvalue weighted by molar-refractivity contribution is -0.154. The zero-order valence-electron chi connectivity index (χ0n) is 15.6. The number of hydrogen-bond acceptors (Lipinski definition) is 4. The maximum Gasteiger partial charge on any atom is 0.310 e. The number of methoxy groups -OCH3 is 1. The van der Waals surface area contributed by atoms with E-state index in [1.807, 2.05) is 18.2 Å². The lowest BCUT2D eigenvalue weighted by Gasteiger charge is -2.47. The number of hydrogen-bond donors (Lipinski definition) is 1. The van der Waals surface area contributed by atoms with Crippen LogP contribution in [0.1, 0.15) is 35.8 Å². The summed E-state index contributed by atoms with van der Waals surface area (Å²) < 4.78 is 5.17. The molecule has 1 aliphatic carbocycles. The van der Waals surface area contributed by atoms with Crippen LogP contribution in [0, 0.1) is 17.8 Å². The number of piperidine rings is 1. The molecule has 1 aliphatic heterocycles. The van der Waals surface area contributed by atoms with E-state index in [1.165, 1.54) is 7.11 Å². The molecule has 0 amide bonds. The Morgan fingerprint density at radius 1 is 1.31 bits per heavy atom. The topological polar surface area (TPSA) is 62.4 Å². The van der Waals surface area contributed by atoms with Gasteiger partial charge in [0, 0.05) is 29.9 Å². The number of carbonyl (C=O) groups excluding carboxylic acids is 2. The third-order valence-corrected chi connectivity index (χ3v) is 6.49. The summed E-state index contributed by atoms with van der Waals surface area (Å²) in [5.74, 6) is 0.0584. The molecule has 0 spiro atoms. The van der Waals surface area contributed by atoms with Crippen molar-refractivity contribution >= 4 is 22.7 Å². The van der Waals surface area contributed by atoms with E-state index in [2.05, 4.69) is 29.9 Å². The number of H-pyrrole nitrogens is 1. The predicted octanol–water partition coefficient (Wildman–Crippen LogP) is 3.04. The van der Waals surface area contributed by atoms with E-state index in [0.717, 1.165) is 35.1 Å². The Morgan fingerprint density at radius 3 is 2.81 bits per heavy atom. The van der Waals surface area contributed by atoms with Gasteiger partial charge in [0.25, 0.3) is 0 Å². The zero-order valence-corrected chi connectivity index (χ0v) is 15.6. The fourth-order valence-electron chi connectivity index (χ4n) is 5.15. The number of likely N-dealkylation sites (N-methyl/N-ethyl adjacent to an activating group) is 1. The van der Waals surface area contributed by atoms with E-state index < -0.39 is 0 Å². The maximum atomic E-state index is 13.1. The highest BCUT2D eigenvalue weighted by Crippen LogP contribution is 2.42. The molecule has 1 aromatic heterocycles. The van der Waals surface area contributed by atoms with Crippen molar-refractivity contribution in [2.75, 3.05) is 20.7 Å². The highest BCUT2D eigenvalue weighted by Gasteiger charge is 2.48. The van der Waals surface area contributed by atoms with Crippen molar-refractivity contribution in [3.63, 3.8) is 0 Å². The lowest BCUT2D eigenvalue weighted by atomic mass is 9.67. The first-order valence-corrected chi connectivity index (χ1v) is 9.46. The second-order valence-corrected chi connectivity index (χ2v) is 7.74. The number of likely N-dealkylation sites (tertiary alicyclic amines) is 1. The number of para-hydroxylation sites is 1. The minimum Gasteiger partial charge on any atom is -0.469 e. The van der Waals surface area contributed by atoms with E-state index >= 15 is 0 Å². The molecule has 2 unspecified atom stereocenters. The van der Waals surface area contributed by atoms with Crippen molar-refractivity contribution in [3.05, 3.63) is 35.5 Å². The fraction of sp³-hybridized carbons (Fsp3) is 0.524. The van der Waals surface area contributed by atoms with Gasteiger partial charge in [0.2, 0.25) is 0 Å².